The molecule has 0 unspecified atom stereocenters. The summed E-state index contributed by atoms with van der Waals surface area (Å²) in [6.45, 7) is 2.83. The van der Waals surface area contributed by atoms with Crippen LogP contribution in [-0.2, 0) is 6.61 Å². The van der Waals surface area contributed by atoms with Crippen LogP contribution in [0.3, 0.4) is 0 Å². The molecule has 28 heavy (non-hydrogen) atoms. The van der Waals surface area contributed by atoms with E-state index in [4.69, 9.17) is 21.7 Å². The molecule has 0 spiro atoms. The van der Waals surface area contributed by atoms with Gasteiger partial charge in [-0.15, -0.1) is 0 Å². The molecule has 8 nitrogen and oxygen atoms in total. The van der Waals surface area contributed by atoms with Gasteiger partial charge in [0.15, 0.2) is 16.6 Å². The van der Waals surface area contributed by atoms with E-state index in [1.807, 2.05) is 13.0 Å². The molecule has 2 aromatic carbocycles. The summed E-state index contributed by atoms with van der Waals surface area (Å²) < 4.78 is 12.1. The van der Waals surface area contributed by atoms with Crippen molar-refractivity contribution in [2.75, 3.05) is 13.7 Å². The third kappa shape index (κ3) is 6.30. The Balaban J connectivity index is 2.12. The number of halogens is 1. The van der Waals surface area contributed by atoms with Crippen LogP contribution in [0.4, 0.5) is 5.69 Å². The number of nitrogens with zero attached hydrogens (tertiary/aromatic N) is 2. The average Bonchev–Trinajstić information content (AvgIpc) is 2.67. The predicted molar refractivity (Wildman–Crippen MR) is 120 cm³/mol. The second-order valence-electron chi connectivity index (χ2n) is 5.48. The third-order valence-electron chi connectivity index (χ3n) is 3.47. The van der Waals surface area contributed by atoms with Crippen LogP contribution < -0.4 is 20.2 Å². The lowest BCUT2D eigenvalue weighted by molar-refractivity contribution is -0.384. The molecule has 0 saturated carbocycles. The number of nitro benzene ring substituents is 1. The van der Waals surface area contributed by atoms with Gasteiger partial charge in [0.1, 0.15) is 6.61 Å². The molecule has 0 aliphatic rings. The van der Waals surface area contributed by atoms with E-state index >= 15 is 0 Å². The van der Waals surface area contributed by atoms with Crippen molar-refractivity contribution >= 4 is 51.8 Å². The van der Waals surface area contributed by atoms with Crippen molar-refractivity contribution in [2.45, 2.75) is 13.5 Å². The van der Waals surface area contributed by atoms with E-state index in [-0.39, 0.29) is 12.3 Å². The molecule has 0 heterocycles. The number of ether oxygens (including phenoxy) is 2. The van der Waals surface area contributed by atoms with E-state index in [0.29, 0.717) is 28.7 Å². The molecule has 10 heteroatoms. The average molecular weight is 514 g/mol. The summed E-state index contributed by atoms with van der Waals surface area (Å²) in [6.07, 6.45) is 1.62. The van der Waals surface area contributed by atoms with Crippen LogP contribution in [0.1, 0.15) is 18.1 Å². The van der Waals surface area contributed by atoms with Crippen LogP contribution in [0.25, 0.3) is 0 Å². The zero-order valence-corrected chi connectivity index (χ0v) is 18.2. The van der Waals surface area contributed by atoms with Gasteiger partial charge in [-0.1, -0.05) is 12.1 Å². The van der Waals surface area contributed by atoms with Gasteiger partial charge in [-0.25, -0.2) is 0 Å². The number of rotatable bonds is 8. The molecule has 0 saturated heterocycles. The van der Waals surface area contributed by atoms with Gasteiger partial charge >= 0.3 is 0 Å². The maximum absolute atomic E-state index is 10.9. The molecule has 0 bridgehead atoms. The monoisotopic (exact) mass is 514 g/mol. The first-order chi connectivity index (χ1) is 13.4. The quantitative estimate of drug-likeness (QED) is 0.183. The van der Waals surface area contributed by atoms with Crippen LogP contribution in [-0.4, -0.2) is 29.9 Å². The molecule has 148 valence electrons. The van der Waals surface area contributed by atoms with Gasteiger partial charge in [-0.2, -0.15) is 5.10 Å². The number of nitrogens with one attached hydrogen (secondary N) is 2. The van der Waals surface area contributed by atoms with Crippen molar-refractivity contribution < 1.29 is 14.4 Å². The molecular weight excluding hydrogens is 495 g/mol. The number of methoxy groups -OCH3 is 1. The number of hydrazone groups is 1. The molecule has 0 radical (unpaired) electrons. The lowest BCUT2D eigenvalue weighted by Gasteiger charge is -2.13. The van der Waals surface area contributed by atoms with Crippen molar-refractivity contribution in [3.8, 4) is 11.5 Å². The Labute approximate surface area is 181 Å². The first kappa shape index (κ1) is 21.8. The standard InChI is InChI=1S/C18H19IN4O4S/c1-3-20-18(28)22-21-10-13-8-15(19)17(16(9-13)26-2)27-11-12-5-4-6-14(7-12)23(24)25/h4-10H,3,11H2,1-2H3,(H2,20,22,28)/b21-10-. The van der Waals surface area contributed by atoms with Crippen LogP contribution >= 0.6 is 34.8 Å². The summed E-state index contributed by atoms with van der Waals surface area (Å²) in [4.78, 5) is 10.5. The summed E-state index contributed by atoms with van der Waals surface area (Å²) in [6, 6.07) is 9.99. The highest BCUT2D eigenvalue weighted by Gasteiger charge is 2.13. The fraction of sp³-hybridized carbons (Fsp3) is 0.222. The van der Waals surface area contributed by atoms with Crippen molar-refractivity contribution in [3.63, 3.8) is 0 Å². The lowest BCUT2D eigenvalue weighted by atomic mass is 10.2. The van der Waals surface area contributed by atoms with Crippen molar-refractivity contribution in [1.29, 1.82) is 0 Å². The second kappa shape index (κ2) is 10.8. The van der Waals surface area contributed by atoms with Gasteiger partial charge in [0, 0.05) is 18.7 Å². The van der Waals surface area contributed by atoms with Crippen LogP contribution in [0.15, 0.2) is 41.5 Å². The molecule has 0 aromatic heterocycles. The molecule has 0 fully saturated rings. The van der Waals surface area contributed by atoms with Gasteiger partial charge in [-0.05, 0) is 65.0 Å². The summed E-state index contributed by atoms with van der Waals surface area (Å²) in [7, 11) is 1.55. The summed E-state index contributed by atoms with van der Waals surface area (Å²) in [5.41, 5.74) is 4.25. The molecule has 0 atom stereocenters. The first-order valence-corrected chi connectivity index (χ1v) is 9.73. The highest BCUT2D eigenvalue weighted by atomic mass is 127. The zero-order chi connectivity index (χ0) is 20.5. The Bertz CT molecular complexity index is 892. The number of benzene rings is 2. The van der Waals surface area contributed by atoms with Crippen LogP contribution in [0.5, 0.6) is 11.5 Å². The van der Waals surface area contributed by atoms with Gasteiger partial charge in [-0.3, -0.25) is 15.5 Å². The molecule has 0 aliphatic heterocycles. The normalized spacial score (nSPS) is 10.5. The summed E-state index contributed by atoms with van der Waals surface area (Å²) in [5.74, 6) is 1.09. The van der Waals surface area contributed by atoms with E-state index in [0.717, 1.165) is 9.13 Å². The molecular formula is C18H19IN4O4S. The van der Waals surface area contributed by atoms with Gasteiger partial charge in [0.25, 0.3) is 5.69 Å². The summed E-state index contributed by atoms with van der Waals surface area (Å²) in [5, 5.41) is 18.4. The maximum Gasteiger partial charge on any atom is 0.269 e. The van der Waals surface area contributed by atoms with Gasteiger partial charge in [0.05, 0.1) is 21.8 Å². The van der Waals surface area contributed by atoms with Gasteiger partial charge in [0.2, 0.25) is 0 Å². The van der Waals surface area contributed by atoms with E-state index in [2.05, 4.69) is 38.4 Å². The SMILES string of the molecule is CCNC(=S)N/N=C\c1cc(I)c(OCc2cccc([N+](=O)[O-])c2)c(OC)c1. The number of hydrogen-bond acceptors (Lipinski definition) is 6. The number of hydrogen-bond donors (Lipinski definition) is 2. The minimum Gasteiger partial charge on any atom is -0.493 e. The van der Waals surface area contributed by atoms with Crippen LogP contribution in [0, 0.1) is 13.7 Å². The van der Waals surface area contributed by atoms with E-state index in [1.54, 1.807) is 31.5 Å². The minimum atomic E-state index is -0.433. The minimum absolute atomic E-state index is 0.0253. The van der Waals surface area contributed by atoms with Crippen LogP contribution in [0.2, 0.25) is 0 Å². The van der Waals surface area contributed by atoms with Crippen molar-refractivity contribution in [2.24, 2.45) is 5.10 Å². The number of thiocarbonyl (C=S) groups is 1. The second-order valence-corrected chi connectivity index (χ2v) is 7.05. The van der Waals surface area contributed by atoms with E-state index in [9.17, 15) is 10.1 Å². The Morgan fingerprint density at radius 3 is 2.86 bits per heavy atom. The summed E-state index contributed by atoms with van der Waals surface area (Å²) >= 11 is 7.19. The topological polar surface area (TPSA) is 98.0 Å². The molecule has 2 aromatic rings. The largest absolute Gasteiger partial charge is 0.493 e. The first-order valence-electron chi connectivity index (χ1n) is 8.25. The maximum atomic E-state index is 10.9. The number of nitro groups is 1. The number of non-ortho nitro benzene ring substituents is 1. The molecule has 2 rings (SSSR count). The smallest absolute Gasteiger partial charge is 0.269 e. The fourth-order valence-corrected chi connectivity index (χ4v) is 3.21. The third-order valence-corrected chi connectivity index (χ3v) is 4.51. The Morgan fingerprint density at radius 1 is 1.39 bits per heavy atom. The highest BCUT2D eigenvalue weighted by Crippen LogP contribution is 2.34. The molecule has 2 N–H and O–H groups in total. The Morgan fingerprint density at radius 2 is 2.18 bits per heavy atom. The predicted octanol–water partition coefficient (Wildman–Crippen LogP) is 3.60. The van der Waals surface area contributed by atoms with Gasteiger partial charge < -0.3 is 14.8 Å². The van der Waals surface area contributed by atoms with E-state index in [1.165, 1.54) is 12.1 Å². The van der Waals surface area contributed by atoms with E-state index < -0.39 is 4.92 Å². The van der Waals surface area contributed by atoms with Crippen molar-refractivity contribution in [3.05, 3.63) is 61.2 Å². The Kier molecular flexibility index (Phi) is 8.39. The Hall–Kier alpha value is -2.47. The zero-order valence-electron chi connectivity index (χ0n) is 15.3. The highest BCUT2D eigenvalue weighted by molar-refractivity contribution is 14.1. The molecule has 0 aliphatic carbocycles. The van der Waals surface area contributed by atoms with Crippen molar-refractivity contribution in [1.82, 2.24) is 10.7 Å². The fourth-order valence-electron chi connectivity index (χ4n) is 2.24. The molecule has 0 amide bonds. The lowest BCUT2D eigenvalue weighted by Crippen LogP contribution is -2.31.